The summed E-state index contributed by atoms with van der Waals surface area (Å²) in [6, 6.07) is 0. The lowest BCUT2D eigenvalue weighted by Gasteiger charge is -2.57. The molecular weight excluding hydrogens is 228 g/mol. The largest absolute Gasteiger partial charge is 0.481 e. The third kappa shape index (κ3) is 1.63. The van der Waals surface area contributed by atoms with Gasteiger partial charge in [-0.05, 0) is 54.8 Å². The average Bonchev–Trinajstić information content (AvgIpc) is 2.16. The zero-order valence-corrected chi connectivity index (χ0v) is 11.6. The first-order chi connectivity index (χ1) is 8.07. The standard InChI is InChI=1S/C15H24O3/c1-12-4-10(11(16)17)15(18)8-13(2,5-12)7-14(3,6-12)9-15/h10,18H,4-9H2,1-3H3,(H,16,17)/t10-,12?,13-,14-,15?/m1/s1. The van der Waals surface area contributed by atoms with Crippen LogP contribution in [0.4, 0.5) is 0 Å². The fourth-order valence-electron chi connectivity index (χ4n) is 6.46. The molecule has 4 aliphatic rings. The zero-order valence-electron chi connectivity index (χ0n) is 11.6. The number of fused-ring (bicyclic) bond motifs is 1. The molecule has 0 amide bonds. The molecule has 4 aliphatic carbocycles. The molecule has 3 atom stereocenters. The monoisotopic (exact) mass is 252 g/mol. The van der Waals surface area contributed by atoms with Gasteiger partial charge in [-0.1, -0.05) is 20.8 Å². The number of hydrogen-bond donors (Lipinski definition) is 2. The van der Waals surface area contributed by atoms with E-state index >= 15 is 0 Å². The van der Waals surface area contributed by atoms with Crippen LogP contribution in [0.5, 0.6) is 0 Å². The van der Waals surface area contributed by atoms with E-state index in [0.717, 1.165) is 19.3 Å². The molecule has 4 rings (SSSR count). The van der Waals surface area contributed by atoms with Gasteiger partial charge in [-0.2, -0.15) is 0 Å². The van der Waals surface area contributed by atoms with Crippen molar-refractivity contribution >= 4 is 5.97 Å². The molecule has 0 aliphatic heterocycles. The predicted molar refractivity (Wildman–Crippen MR) is 68.1 cm³/mol. The van der Waals surface area contributed by atoms with Crippen molar-refractivity contribution in [3.05, 3.63) is 0 Å². The van der Waals surface area contributed by atoms with Crippen LogP contribution < -0.4 is 0 Å². The summed E-state index contributed by atoms with van der Waals surface area (Å²) < 4.78 is 0. The van der Waals surface area contributed by atoms with Crippen LogP contribution in [0.25, 0.3) is 0 Å². The highest BCUT2D eigenvalue weighted by Gasteiger charge is 2.64. The molecule has 0 aromatic carbocycles. The van der Waals surface area contributed by atoms with Gasteiger partial charge in [-0.15, -0.1) is 0 Å². The van der Waals surface area contributed by atoms with Gasteiger partial charge in [0.25, 0.3) is 0 Å². The van der Waals surface area contributed by atoms with E-state index in [0.29, 0.717) is 19.3 Å². The van der Waals surface area contributed by atoms with Crippen LogP contribution >= 0.6 is 0 Å². The maximum absolute atomic E-state index is 11.6. The average molecular weight is 252 g/mol. The van der Waals surface area contributed by atoms with Gasteiger partial charge in [-0.25, -0.2) is 0 Å². The van der Waals surface area contributed by atoms with E-state index in [1.165, 1.54) is 0 Å². The quantitative estimate of drug-likeness (QED) is 0.754. The molecule has 0 aromatic heterocycles. The van der Waals surface area contributed by atoms with Gasteiger partial charge in [-0.3, -0.25) is 4.79 Å². The second-order valence-electron chi connectivity index (χ2n) is 8.51. The van der Waals surface area contributed by atoms with Crippen molar-refractivity contribution in [2.75, 3.05) is 0 Å². The van der Waals surface area contributed by atoms with Crippen molar-refractivity contribution < 1.29 is 15.0 Å². The zero-order chi connectivity index (χ0) is 13.4. The third-order valence-electron chi connectivity index (χ3n) is 5.67. The molecule has 4 saturated carbocycles. The molecule has 0 spiro atoms. The van der Waals surface area contributed by atoms with Crippen LogP contribution in [0.15, 0.2) is 0 Å². The lowest BCUT2D eigenvalue weighted by Crippen LogP contribution is -2.53. The SMILES string of the molecule is CC12C[C@H](C(=O)O)C3(O)C[C@](C)(C1)C[C@@](C)(C2)C3. The van der Waals surface area contributed by atoms with Gasteiger partial charge >= 0.3 is 5.97 Å². The minimum Gasteiger partial charge on any atom is -0.481 e. The molecule has 2 N–H and O–H groups in total. The minimum atomic E-state index is -0.984. The molecule has 18 heavy (non-hydrogen) atoms. The van der Waals surface area contributed by atoms with Gasteiger partial charge in [0.1, 0.15) is 0 Å². The summed E-state index contributed by atoms with van der Waals surface area (Å²) in [5.41, 5.74) is -0.647. The number of carbonyl (C=O) groups is 1. The summed E-state index contributed by atoms with van der Waals surface area (Å²) >= 11 is 0. The van der Waals surface area contributed by atoms with Crippen LogP contribution in [0.1, 0.15) is 59.3 Å². The Morgan fingerprint density at radius 2 is 1.39 bits per heavy atom. The number of aliphatic hydroxyl groups is 1. The van der Waals surface area contributed by atoms with Gasteiger partial charge in [0.2, 0.25) is 0 Å². The molecule has 3 nitrogen and oxygen atoms in total. The van der Waals surface area contributed by atoms with Crippen molar-refractivity contribution in [1.82, 2.24) is 0 Å². The van der Waals surface area contributed by atoms with E-state index in [4.69, 9.17) is 0 Å². The molecule has 4 fully saturated rings. The molecular formula is C15H24O3. The van der Waals surface area contributed by atoms with E-state index in [1.807, 2.05) is 0 Å². The molecule has 0 saturated heterocycles. The van der Waals surface area contributed by atoms with Crippen LogP contribution in [-0.2, 0) is 4.79 Å². The van der Waals surface area contributed by atoms with E-state index in [2.05, 4.69) is 20.8 Å². The minimum absolute atomic E-state index is 0.0891. The Morgan fingerprint density at radius 3 is 1.83 bits per heavy atom. The topological polar surface area (TPSA) is 57.5 Å². The normalized spacial score (nSPS) is 58.6. The van der Waals surface area contributed by atoms with E-state index in [9.17, 15) is 15.0 Å². The molecule has 3 heteroatoms. The van der Waals surface area contributed by atoms with Crippen molar-refractivity contribution in [2.45, 2.75) is 64.9 Å². The van der Waals surface area contributed by atoms with E-state index in [1.54, 1.807) is 0 Å². The Kier molecular flexibility index (Phi) is 2.16. The van der Waals surface area contributed by atoms with Crippen LogP contribution in [0, 0.1) is 22.2 Å². The second-order valence-corrected chi connectivity index (χ2v) is 8.51. The number of rotatable bonds is 1. The van der Waals surface area contributed by atoms with Gasteiger partial charge in [0.05, 0.1) is 11.5 Å². The molecule has 0 heterocycles. The number of hydrogen-bond acceptors (Lipinski definition) is 2. The molecule has 0 unspecified atom stereocenters. The highest BCUT2D eigenvalue weighted by molar-refractivity contribution is 5.72. The van der Waals surface area contributed by atoms with Crippen molar-refractivity contribution in [1.29, 1.82) is 0 Å². The maximum Gasteiger partial charge on any atom is 0.309 e. The Hall–Kier alpha value is -0.570. The Morgan fingerprint density at radius 1 is 0.944 bits per heavy atom. The highest BCUT2D eigenvalue weighted by Crippen LogP contribution is 2.69. The Balaban J connectivity index is 2.13. The summed E-state index contributed by atoms with van der Waals surface area (Å²) in [7, 11) is 0. The lowest BCUT2D eigenvalue weighted by atomic mass is 9.49. The lowest BCUT2D eigenvalue weighted by molar-refractivity contribution is -0.165. The first-order valence-corrected chi connectivity index (χ1v) is 7.03. The number of carboxylic acid groups (broad SMARTS) is 1. The Bertz CT molecular complexity index is 396. The summed E-state index contributed by atoms with van der Waals surface area (Å²) in [6.45, 7) is 6.73. The van der Waals surface area contributed by atoms with Crippen LogP contribution in [-0.4, -0.2) is 21.8 Å². The summed E-state index contributed by atoms with van der Waals surface area (Å²) in [6.07, 6.45) is 5.27. The predicted octanol–water partition coefficient (Wildman–Crippen LogP) is 2.82. The molecule has 0 radical (unpaired) electrons. The summed E-state index contributed by atoms with van der Waals surface area (Å²) in [5, 5.41) is 20.5. The molecule has 102 valence electrons. The fraction of sp³-hybridized carbons (Fsp3) is 0.933. The van der Waals surface area contributed by atoms with Gasteiger partial charge in [0, 0.05) is 0 Å². The fourth-order valence-corrected chi connectivity index (χ4v) is 6.46. The van der Waals surface area contributed by atoms with Crippen LogP contribution in [0.3, 0.4) is 0 Å². The van der Waals surface area contributed by atoms with Crippen molar-refractivity contribution in [3.8, 4) is 0 Å². The third-order valence-corrected chi connectivity index (χ3v) is 5.67. The second kappa shape index (κ2) is 3.12. The van der Waals surface area contributed by atoms with Crippen LogP contribution in [0.2, 0.25) is 0 Å². The Labute approximate surface area is 109 Å². The highest BCUT2D eigenvalue weighted by atomic mass is 16.4. The molecule has 0 aromatic rings. The molecule has 4 bridgehead atoms. The maximum atomic E-state index is 11.6. The number of aliphatic carboxylic acids is 1. The first-order valence-electron chi connectivity index (χ1n) is 7.03. The van der Waals surface area contributed by atoms with Crippen molar-refractivity contribution in [2.24, 2.45) is 22.2 Å². The van der Waals surface area contributed by atoms with E-state index in [-0.39, 0.29) is 16.2 Å². The number of carboxylic acids is 1. The van der Waals surface area contributed by atoms with E-state index < -0.39 is 17.5 Å². The van der Waals surface area contributed by atoms with Gasteiger partial charge < -0.3 is 10.2 Å². The smallest absolute Gasteiger partial charge is 0.309 e. The summed E-state index contributed by atoms with van der Waals surface area (Å²) in [4.78, 5) is 11.6. The van der Waals surface area contributed by atoms with Gasteiger partial charge in [0.15, 0.2) is 0 Å². The summed E-state index contributed by atoms with van der Waals surface area (Å²) in [5.74, 6) is -1.38. The van der Waals surface area contributed by atoms with Crippen molar-refractivity contribution in [3.63, 3.8) is 0 Å². The first kappa shape index (κ1) is 12.5.